The van der Waals surface area contributed by atoms with E-state index < -0.39 is 16.1 Å². The van der Waals surface area contributed by atoms with Crippen molar-refractivity contribution in [3.8, 4) is 5.75 Å². The Bertz CT molecular complexity index is 1160. The van der Waals surface area contributed by atoms with E-state index in [0.29, 0.717) is 35.0 Å². The molecule has 0 aliphatic rings. The second-order valence-electron chi connectivity index (χ2n) is 8.51. The van der Waals surface area contributed by atoms with Crippen LogP contribution in [0.3, 0.4) is 0 Å². The maximum absolute atomic E-state index is 13.4. The molecule has 0 bridgehead atoms. The third kappa shape index (κ3) is 7.86. The van der Waals surface area contributed by atoms with Gasteiger partial charge in [-0.15, -0.1) is 0 Å². The fraction of sp³-hybridized carbons (Fsp3) is 0.462. The molecular weight excluding hydrogens is 502 g/mol. The Hall–Kier alpha value is -2.78. The first-order valence-corrected chi connectivity index (χ1v) is 14.2. The number of carbonyl (C=O) groups is 2. The van der Waals surface area contributed by atoms with Crippen LogP contribution in [-0.4, -0.2) is 57.6 Å². The maximum atomic E-state index is 13.4. The Morgan fingerprint density at radius 1 is 1.14 bits per heavy atom. The molecule has 8 nitrogen and oxygen atoms in total. The predicted molar refractivity (Wildman–Crippen MR) is 144 cm³/mol. The number of halogens is 1. The summed E-state index contributed by atoms with van der Waals surface area (Å²) < 4.78 is 31.7. The number of hydrogen-bond acceptors (Lipinski definition) is 5. The van der Waals surface area contributed by atoms with Crippen LogP contribution in [0.15, 0.2) is 42.5 Å². The summed E-state index contributed by atoms with van der Waals surface area (Å²) in [4.78, 5) is 27.8. The molecule has 0 heterocycles. The number of benzene rings is 2. The largest absolute Gasteiger partial charge is 0.497 e. The van der Waals surface area contributed by atoms with Crippen LogP contribution < -0.4 is 14.4 Å². The van der Waals surface area contributed by atoms with Crippen molar-refractivity contribution in [2.24, 2.45) is 0 Å². The maximum Gasteiger partial charge on any atom is 0.242 e. The van der Waals surface area contributed by atoms with Gasteiger partial charge in [0.2, 0.25) is 21.8 Å². The number of rotatable bonds is 13. The number of carbonyl (C=O) groups excluding carboxylic acids is 2. The molecule has 0 saturated carbocycles. The molecule has 198 valence electrons. The number of likely N-dealkylation sites (N-methyl/N-ethyl adjacent to an activating group) is 1. The van der Waals surface area contributed by atoms with Crippen molar-refractivity contribution in [1.82, 2.24) is 10.2 Å². The van der Waals surface area contributed by atoms with E-state index in [1.165, 1.54) is 4.31 Å². The zero-order valence-electron chi connectivity index (χ0n) is 21.6. The minimum atomic E-state index is -3.60. The average molecular weight is 538 g/mol. The van der Waals surface area contributed by atoms with Gasteiger partial charge in [-0.1, -0.05) is 36.7 Å². The smallest absolute Gasteiger partial charge is 0.242 e. The Balaban J connectivity index is 2.25. The molecule has 0 aromatic heterocycles. The van der Waals surface area contributed by atoms with Gasteiger partial charge in [0.15, 0.2) is 0 Å². The summed E-state index contributed by atoms with van der Waals surface area (Å²) in [5, 5.41) is 3.28. The van der Waals surface area contributed by atoms with Gasteiger partial charge in [0, 0.05) is 31.1 Å². The van der Waals surface area contributed by atoms with E-state index in [-0.39, 0.29) is 37.7 Å². The van der Waals surface area contributed by atoms with Gasteiger partial charge in [-0.05, 0) is 62.1 Å². The summed E-state index contributed by atoms with van der Waals surface area (Å²) in [6, 6.07) is 11.8. The predicted octanol–water partition coefficient (Wildman–Crippen LogP) is 4.15. The molecule has 2 rings (SSSR count). The van der Waals surface area contributed by atoms with Gasteiger partial charge >= 0.3 is 0 Å². The Labute approximate surface area is 219 Å². The van der Waals surface area contributed by atoms with Crippen molar-refractivity contribution >= 4 is 39.1 Å². The highest BCUT2D eigenvalue weighted by Gasteiger charge is 2.29. The minimum absolute atomic E-state index is 0.0749. The second kappa shape index (κ2) is 13.5. The molecule has 0 radical (unpaired) electrons. The van der Waals surface area contributed by atoms with Crippen LogP contribution >= 0.6 is 11.6 Å². The van der Waals surface area contributed by atoms with Crippen LogP contribution in [0.5, 0.6) is 5.75 Å². The van der Waals surface area contributed by atoms with Crippen LogP contribution in [0.2, 0.25) is 5.02 Å². The van der Waals surface area contributed by atoms with Gasteiger partial charge in [-0.2, -0.15) is 0 Å². The lowest BCUT2D eigenvalue weighted by atomic mass is 10.1. The van der Waals surface area contributed by atoms with E-state index in [4.69, 9.17) is 16.3 Å². The van der Waals surface area contributed by atoms with E-state index in [1.807, 2.05) is 38.1 Å². The van der Waals surface area contributed by atoms with Crippen molar-refractivity contribution in [2.75, 3.05) is 30.8 Å². The standard InChI is InChI=1S/C26H36ClN3O5S/c1-6-23(26(32)28-7-2)29(18-20-11-8-12-21(17-20)35-4)25(31)15-10-16-30(36(5,33)34)24-14-9-13-22(27)19(24)3/h8-9,11-14,17,23H,6-7,10,15-16,18H2,1-5H3,(H,28,32). The third-order valence-corrected chi connectivity index (χ3v) is 7.47. The van der Waals surface area contributed by atoms with Gasteiger partial charge in [0.05, 0.1) is 19.1 Å². The number of nitrogens with one attached hydrogen (secondary N) is 1. The highest BCUT2D eigenvalue weighted by atomic mass is 35.5. The number of amides is 2. The monoisotopic (exact) mass is 537 g/mol. The van der Waals surface area contributed by atoms with Crippen molar-refractivity contribution in [3.63, 3.8) is 0 Å². The molecule has 36 heavy (non-hydrogen) atoms. The number of methoxy groups -OCH3 is 1. The van der Waals surface area contributed by atoms with Crippen LogP contribution in [0, 0.1) is 6.92 Å². The van der Waals surface area contributed by atoms with E-state index in [0.717, 1.165) is 11.8 Å². The summed E-state index contributed by atoms with van der Waals surface area (Å²) in [5.41, 5.74) is 1.97. The zero-order chi connectivity index (χ0) is 26.9. The van der Waals surface area contributed by atoms with Gasteiger partial charge in [0.1, 0.15) is 11.8 Å². The Morgan fingerprint density at radius 2 is 1.83 bits per heavy atom. The third-order valence-electron chi connectivity index (χ3n) is 5.88. The zero-order valence-corrected chi connectivity index (χ0v) is 23.2. The van der Waals surface area contributed by atoms with Gasteiger partial charge in [0.25, 0.3) is 0 Å². The van der Waals surface area contributed by atoms with E-state index in [9.17, 15) is 18.0 Å². The number of nitrogens with zero attached hydrogens (tertiary/aromatic N) is 2. The van der Waals surface area contributed by atoms with Crippen molar-refractivity contribution in [2.45, 2.75) is 52.6 Å². The van der Waals surface area contributed by atoms with Crippen LogP contribution in [0.25, 0.3) is 0 Å². The summed E-state index contributed by atoms with van der Waals surface area (Å²) >= 11 is 6.21. The molecule has 10 heteroatoms. The number of sulfonamides is 1. The molecule has 1 N–H and O–H groups in total. The SMILES string of the molecule is CCNC(=O)C(CC)N(Cc1cccc(OC)c1)C(=O)CCCN(c1cccc(Cl)c1C)S(C)(=O)=O. The number of anilines is 1. The van der Waals surface area contributed by atoms with Crippen molar-refractivity contribution in [1.29, 1.82) is 0 Å². The Kier molecular flexibility index (Phi) is 11.0. The molecule has 0 fully saturated rings. The highest BCUT2D eigenvalue weighted by Crippen LogP contribution is 2.28. The van der Waals surface area contributed by atoms with Crippen LogP contribution in [-0.2, 0) is 26.2 Å². The molecular formula is C26H36ClN3O5S. The molecule has 0 spiro atoms. The van der Waals surface area contributed by atoms with Gasteiger partial charge < -0.3 is 15.0 Å². The first-order chi connectivity index (χ1) is 17.0. The first-order valence-electron chi connectivity index (χ1n) is 12.0. The summed E-state index contributed by atoms with van der Waals surface area (Å²) in [6.45, 7) is 6.25. The molecule has 0 saturated heterocycles. The molecule has 0 aliphatic carbocycles. The van der Waals surface area contributed by atoms with Crippen molar-refractivity contribution in [3.05, 3.63) is 58.6 Å². The molecule has 2 aromatic rings. The molecule has 1 atom stereocenters. The highest BCUT2D eigenvalue weighted by molar-refractivity contribution is 7.92. The molecule has 2 aromatic carbocycles. The summed E-state index contributed by atoms with van der Waals surface area (Å²) in [5.74, 6) is 0.211. The second-order valence-corrected chi connectivity index (χ2v) is 10.8. The lowest BCUT2D eigenvalue weighted by molar-refractivity contribution is -0.141. The normalized spacial score (nSPS) is 12.1. The summed E-state index contributed by atoms with van der Waals surface area (Å²) in [6.07, 6.45) is 1.93. The van der Waals surface area contributed by atoms with Crippen LogP contribution in [0.1, 0.15) is 44.2 Å². The summed E-state index contributed by atoms with van der Waals surface area (Å²) in [7, 11) is -2.03. The van der Waals surface area contributed by atoms with E-state index in [2.05, 4.69) is 5.32 Å². The van der Waals surface area contributed by atoms with Crippen LogP contribution in [0.4, 0.5) is 5.69 Å². The van der Waals surface area contributed by atoms with E-state index in [1.54, 1.807) is 37.1 Å². The fourth-order valence-electron chi connectivity index (χ4n) is 4.03. The molecule has 2 amide bonds. The first kappa shape index (κ1) is 29.5. The number of ether oxygens (including phenoxy) is 1. The molecule has 1 unspecified atom stereocenters. The lowest BCUT2D eigenvalue weighted by Gasteiger charge is -2.31. The minimum Gasteiger partial charge on any atom is -0.497 e. The topological polar surface area (TPSA) is 96.0 Å². The Morgan fingerprint density at radius 3 is 2.44 bits per heavy atom. The fourth-order valence-corrected chi connectivity index (χ4v) is 5.21. The molecule has 0 aliphatic heterocycles. The lowest BCUT2D eigenvalue weighted by Crippen LogP contribution is -2.49. The van der Waals surface area contributed by atoms with Gasteiger partial charge in [-0.25, -0.2) is 8.42 Å². The van der Waals surface area contributed by atoms with E-state index >= 15 is 0 Å². The van der Waals surface area contributed by atoms with Gasteiger partial charge in [-0.3, -0.25) is 13.9 Å². The number of hydrogen-bond donors (Lipinski definition) is 1. The van der Waals surface area contributed by atoms with Crippen molar-refractivity contribution < 1.29 is 22.7 Å². The average Bonchev–Trinajstić information content (AvgIpc) is 2.83. The quantitative estimate of drug-likeness (QED) is 0.414.